The Hall–Kier alpha value is -1.03. The zero-order valence-electron chi connectivity index (χ0n) is 8.36. The molecule has 2 N–H and O–H groups in total. The van der Waals surface area contributed by atoms with E-state index in [9.17, 15) is 0 Å². The van der Waals surface area contributed by atoms with E-state index in [-0.39, 0.29) is 0 Å². The van der Waals surface area contributed by atoms with Gasteiger partial charge in [-0.1, -0.05) is 12.1 Å². The normalized spacial score (nSPS) is 26.8. The Morgan fingerprint density at radius 1 is 1.57 bits per heavy atom. The fourth-order valence-electron chi connectivity index (χ4n) is 2.42. The highest BCUT2D eigenvalue weighted by molar-refractivity contribution is 5.43. The third kappa shape index (κ3) is 1.00. The molecule has 76 valence electrons. The molecule has 2 heterocycles. The molecule has 0 saturated heterocycles. The Balaban J connectivity index is 1.96. The second-order valence-electron chi connectivity index (χ2n) is 4.24. The molecular formula is C10H15N3O. The van der Waals surface area contributed by atoms with Gasteiger partial charge in [0.2, 0.25) is 5.88 Å². The van der Waals surface area contributed by atoms with Crippen LogP contribution < -0.4 is 5.73 Å². The van der Waals surface area contributed by atoms with Crippen molar-refractivity contribution in [1.29, 1.82) is 0 Å². The first kappa shape index (κ1) is 8.29. The fourth-order valence-corrected chi connectivity index (χ4v) is 2.42. The van der Waals surface area contributed by atoms with Crippen LogP contribution in [-0.2, 0) is 6.54 Å². The Labute approximate surface area is 83.0 Å². The van der Waals surface area contributed by atoms with Crippen LogP contribution >= 0.6 is 0 Å². The molecule has 0 bridgehead atoms. The molecule has 4 heteroatoms. The number of nitrogens with two attached hydrogens (primary N) is 1. The number of hydrogen-bond acceptors (Lipinski definition) is 4. The molecule has 3 rings (SSSR count). The maximum atomic E-state index is 5.74. The first-order chi connectivity index (χ1) is 6.81. The van der Waals surface area contributed by atoms with E-state index in [1.807, 2.05) is 0 Å². The summed E-state index contributed by atoms with van der Waals surface area (Å²) in [6, 6.07) is 1.21. The quantitative estimate of drug-likeness (QED) is 0.776. The molecule has 2 aliphatic rings. The standard InChI is InChI=1S/C10H15N3O/c1-2-8-9-7(10(11)14-12-9)5-13(8)6-3-4-6/h6,8H,2-5,11H2,1H3. The van der Waals surface area contributed by atoms with Gasteiger partial charge in [-0.3, -0.25) is 4.90 Å². The number of hydrogen-bond donors (Lipinski definition) is 1. The smallest absolute Gasteiger partial charge is 0.226 e. The van der Waals surface area contributed by atoms with Crippen LogP contribution in [0.15, 0.2) is 4.52 Å². The first-order valence-electron chi connectivity index (χ1n) is 5.31. The molecule has 1 aromatic heterocycles. The minimum absolute atomic E-state index is 0.443. The lowest BCUT2D eigenvalue weighted by molar-refractivity contribution is 0.189. The van der Waals surface area contributed by atoms with Crippen LogP contribution in [-0.4, -0.2) is 16.1 Å². The van der Waals surface area contributed by atoms with Gasteiger partial charge in [0, 0.05) is 12.6 Å². The van der Waals surface area contributed by atoms with Crippen molar-refractivity contribution in [2.45, 2.75) is 44.8 Å². The number of aromatic nitrogens is 1. The van der Waals surface area contributed by atoms with E-state index in [1.54, 1.807) is 0 Å². The number of fused-ring (bicyclic) bond motifs is 1. The highest BCUT2D eigenvalue weighted by Crippen LogP contribution is 2.44. The van der Waals surface area contributed by atoms with Crippen molar-refractivity contribution in [1.82, 2.24) is 10.1 Å². The first-order valence-corrected chi connectivity index (χ1v) is 5.31. The molecule has 0 radical (unpaired) electrons. The summed E-state index contributed by atoms with van der Waals surface area (Å²) in [5.74, 6) is 0.515. The molecule has 1 atom stereocenters. The monoisotopic (exact) mass is 193 g/mol. The van der Waals surface area contributed by atoms with Crippen LogP contribution in [0.1, 0.15) is 43.5 Å². The largest absolute Gasteiger partial charge is 0.367 e. The maximum Gasteiger partial charge on any atom is 0.226 e. The molecule has 1 unspecified atom stereocenters. The molecule has 1 fully saturated rings. The van der Waals surface area contributed by atoms with Gasteiger partial charge in [0.05, 0.1) is 11.6 Å². The van der Waals surface area contributed by atoms with Gasteiger partial charge in [0.1, 0.15) is 5.69 Å². The maximum absolute atomic E-state index is 5.74. The van der Waals surface area contributed by atoms with Gasteiger partial charge in [-0.25, -0.2) is 0 Å². The molecule has 14 heavy (non-hydrogen) atoms. The van der Waals surface area contributed by atoms with Crippen molar-refractivity contribution in [2.75, 3.05) is 5.73 Å². The van der Waals surface area contributed by atoms with Gasteiger partial charge >= 0.3 is 0 Å². The van der Waals surface area contributed by atoms with Crippen molar-refractivity contribution in [3.05, 3.63) is 11.3 Å². The molecule has 1 aromatic rings. The summed E-state index contributed by atoms with van der Waals surface area (Å²) in [6.07, 6.45) is 3.76. The Bertz CT molecular complexity index is 356. The van der Waals surface area contributed by atoms with Crippen LogP contribution in [0.5, 0.6) is 0 Å². The predicted octanol–water partition coefficient (Wildman–Crippen LogP) is 1.69. The molecule has 0 aromatic carbocycles. The average molecular weight is 193 g/mol. The van der Waals surface area contributed by atoms with Crippen LogP contribution in [0.3, 0.4) is 0 Å². The summed E-state index contributed by atoms with van der Waals surface area (Å²) in [4.78, 5) is 2.52. The second kappa shape index (κ2) is 2.73. The van der Waals surface area contributed by atoms with Gasteiger partial charge < -0.3 is 10.3 Å². The highest BCUT2D eigenvalue weighted by atomic mass is 16.5. The van der Waals surface area contributed by atoms with Crippen LogP contribution in [0.25, 0.3) is 0 Å². The Morgan fingerprint density at radius 2 is 2.36 bits per heavy atom. The molecule has 1 aliphatic carbocycles. The molecule has 1 saturated carbocycles. The lowest BCUT2D eigenvalue weighted by atomic mass is 10.1. The third-order valence-electron chi connectivity index (χ3n) is 3.31. The zero-order valence-corrected chi connectivity index (χ0v) is 8.36. The fraction of sp³-hybridized carbons (Fsp3) is 0.700. The number of anilines is 1. The topological polar surface area (TPSA) is 55.3 Å². The van der Waals surface area contributed by atoms with Gasteiger partial charge in [-0.15, -0.1) is 0 Å². The van der Waals surface area contributed by atoms with Crippen LogP contribution in [0.4, 0.5) is 5.88 Å². The predicted molar refractivity (Wildman–Crippen MR) is 52.5 cm³/mol. The van der Waals surface area contributed by atoms with Crippen molar-refractivity contribution in [2.24, 2.45) is 0 Å². The molecule has 4 nitrogen and oxygen atoms in total. The van der Waals surface area contributed by atoms with E-state index < -0.39 is 0 Å². The molecular weight excluding hydrogens is 178 g/mol. The summed E-state index contributed by atoms with van der Waals surface area (Å²) >= 11 is 0. The number of rotatable bonds is 2. The molecule has 1 aliphatic heterocycles. The minimum atomic E-state index is 0.443. The van der Waals surface area contributed by atoms with Gasteiger partial charge in [-0.2, -0.15) is 0 Å². The number of nitrogen functional groups attached to an aromatic ring is 1. The minimum Gasteiger partial charge on any atom is -0.367 e. The molecule has 0 spiro atoms. The van der Waals surface area contributed by atoms with E-state index >= 15 is 0 Å². The Kier molecular flexibility index (Phi) is 1.62. The van der Waals surface area contributed by atoms with Crippen molar-refractivity contribution < 1.29 is 4.52 Å². The van der Waals surface area contributed by atoms with Crippen LogP contribution in [0, 0.1) is 0 Å². The van der Waals surface area contributed by atoms with Crippen molar-refractivity contribution >= 4 is 5.88 Å². The Morgan fingerprint density at radius 3 is 3.00 bits per heavy atom. The van der Waals surface area contributed by atoms with E-state index in [0.717, 1.165) is 30.3 Å². The van der Waals surface area contributed by atoms with E-state index in [1.165, 1.54) is 12.8 Å². The number of nitrogens with zero attached hydrogens (tertiary/aromatic N) is 2. The highest BCUT2D eigenvalue weighted by Gasteiger charge is 2.42. The second-order valence-corrected chi connectivity index (χ2v) is 4.24. The van der Waals surface area contributed by atoms with E-state index in [2.05, 4.69) is 17.0 Å². The zero-order chi connectivity index (χ0) is 9.71. The lowest BCUT2D eigenvalue weighted by Gasteiger charge is -2.22. The van der Waals surface area contributed by atoms with Crippen LogP contribution in [0.2, 0.25) is 0 Å². The van der Waals surface area contributed by atoms with Crippen molar-refractivity contribution in [3.63, 3.8) is 0 Å². The average Bonchev–Trinajstić information content (AvgIpc) is 2.87. The SMILES string of the molecule is CCC1c2noc(N)c2CN1C1CC1. The summed E-state index contributed by atoms with van der Waals surface area (Å²) in [6.45, 7) is 3.13. The van der Waals surface area contributed by atoms with E-state index in [0.29, 0.717) is 11.9 Å². The summed E-state index contributed by atoms with van der Waals surface area (Å²) in [5.41, 5.74) is 7.94. The third-order valence-corrected chi connectivity index (χ3v) is 3.31. The lowest BCUT2D eigenvalue weighted by Crippen LogP contribution is -2.24. The summed E-state index contributed by atoms with van der Waals surface area (Å²) in [5, 5.41) is 4.07. The van der Waals surface area contributed by atoms with Gasteiger partial charge in [0.25, 0.3) is 0 Å². The molecule has 0 amide bonds. The van der Waals surface area contributed by atoms with Crippen molar-refractivity contribution in [3.8, 4) is 0 Å². The van der Waals surface area contributed by atoms with Gasteiger partial charge in [-0.05, 0) is 19.3 Å². The summed E-state index contributed by atoms with van der Waals surface area (Å²) < 4.78 is 5.02. The van der Waals surface area contributed by atoms with Gasteiger partial charge in [0.15, 0.2) is 0 Å². The summed E-state index contributed by atoms with van der Waals surface area (Å²) in [7, 11) is 0. The van der Waals surface area contributed by atoms with E-state index in [4.69, 9.17) is 10.3 Å².